The van der Waals surface area contributed by atoms with Crippen LogP contribution < -0.4 is 5.73 Å². The van der Waals surface area contributed by atoms with Crippen molar-refractivity contribution in [1.82, 2.24) is 4.90 Å². The minimum atomic E-state index is -0.946. The molecule has 0 saturated carbocycles. The van der Waals surface area contributed by atoms with Crippen molar-refractivity contribution >= 4 is 11.9 Å². The van der Waals surface area contributed by atoms with Gasteiger partial charge in [-0.1, -0.05) is 0 Å². The average molecular weight is 230 g/mol. The van der Waals surface area contributed by atoms with Gasteiger partial charge in [-0.25, -0.2) is 0 Å². The van der Waals surface area contributed by atoms with Crippen LogP contribution in [-0.4, -0.2) is 52.7 Å². The van der Waals surface area contributed by atoms with E-state index in [1.54, 1.807) is 4.90 Å². The highest BCUT2D eigenvalue weighted by Crippen LogP contribution is 2.16. The van der Waals surface area contributed by atoms with Gasteiger partial charge in [-0.2, -0.15) is 0 Å². The molecule has 6 heteroatoms. The molecule has 0 aromatic carbocycles. The Labute approximate surface area is 94.0 Å². The summed E-state index contributed by atoms with van der Waals surface area (Å²) >= 11 is 0. The molecule has 92 valence electrons. The molecule has 1 aliphatic rings. The lowest BCUT2D eigenvalue weighted by Gasteiger charge is -2.20. The molecule has 1 amide bonds. The summed E-state index contributed by atoms with van der Waals surface area (Å²) in [5.41, 5.74) is 5.62. The summed E-state index contributed by atoms with van der Waals surface area (Å²) in [5.74, 6) is -1.02. The fraction of sp³-hybridized carbons (Fsp3) is 0.800. The SMILES string of the molecule is NC(CCC(=O)O)C(=O)N1CCC(CO)C1. The zero-order chi connectivity index (χ0) is 12.1. The third-order valence-electron chi connectivity index (χ3n) is 2.84. The van der Waals surface area contributed by atoms with Crippen molar-refractivity contribution in [2.75, 3.05) is 19.7 Å². The Balaban J connectivity index is 2.36. The Bertz CT molecular complexity index is 270. The van der Waals surface area contributed by atoms with Crippen LogP contribution in [0.1, 0.15) is 19.3 Å². The van der Waals surface area contributed by atoms with Gasteiger partial charge >= 0.3 is 5.97 Å². The number of hydrogen-bond acceptors (Lipinski definition) is 4. The van der Waals surface area contributed by atoms with E-state index in [4.69, 9.17) is 15.9 Å². The van der Waals surface area contributed by atoms with Crippen LogP contribution in [0, 0.1) is 5.92 Å². The van der Waals surface area contributed by atoms with E-state index in [1.165, 1.54) is 0 Å². The minimum Gasteiger partial charge on any atom is -0.481 e. The van der Waals surface area contributed by atoms with Crippen molar-refractivity contribution in [1.29, 1.82) is 0 Å². The Morgan fingerprint density at radius 2 is 2.19 bits per heavy atom. The molecule has 4 N–H and O–H groups in total. The maximum absolute atomic E-state index is 11.7. The van der Waals surface area contributed by atoms with E-state index in [1.807, 2.05) is 0 Å². The van der Waals surface area contributed by atoms with E-state index in [0.717, 1.165) is 6.42 Å². The molecule has 0 aromatic heterocycles. The Morgan fingerprint density at radius 3 is 2.69 bits per heavy atom. The molecule has 1 rings (SSSR count). The van der Waals surface area contributed by atoms with Crippen molar-refractivity contribution in [3.05, 3.63) is 0 Å². The summed E-state index contributed by atoms with van der Waals surface area (Å²) in [6, 6.07) is -0.742. The van der Waals surface area contributed by atoms with E-state index in [2.05, 4.69) is 0 Å². The van der Waals surface area contributed by atoms with Crippen molar-refractivity contribution in [2.24, 2.45) is 11.7 Å². The lowest BCUT2D eigenvalue weighted by Crippen LogP contribution is -2.43. The zero-order valence-corrected chi connectivity index (χ0v) is 9.13. The van der Waals surface area contributed by atoms with Gasteiger partial charge in [0.05, 0.1) is 6.04 Å². The highest BCUT2D eigenvalue weighted by Gasteiger charge is 2.28. The number of aliphatic hydroxyl groups is 1. The van der Waals surface area contributed by atoms with Gasteiger partial charge in [0.1, 0.15) is 0 Å². The number of aliphatic carboxylic acids is 1. The molecule has 1 fully saturated rings. The average Bonchev–Trinajstić information content (AvgIpc) is 2.73. The largest absolute Gasteiger partial charge is 0.481 e. The molecule has 6 nitrogen and oxygen atoms in total. The number of nitrogens with zero attached hydrogens (tertiary/aromatic N) is 1. The second-order valence-corrected chi connectivity index (χ2v) is 4.16. The topological polar surface area (TPSA) is 104 Å². The molecule has 1 heterocycles. The first-order chi connectivity index (χ1) is 7.54. The van der Waals surface area contributed by atoms with Gasteiger partial charge in [0.15, 0.2) is 0 Å². The van der Waals surface area contributed by atoms with Crippen LogP contribution in [0.3, 0.4) is 0 Å². The lowest BCUT2D eigenvalue weighted by molar-refractivity contribution is -0.137. The van der Waals surface area contributed by atoms with Gasteiger partial charge in [0.2, 0.25) is 5.91 Å². The highest BCUT2D eigenvalue weighted by molar-refractivity contribution is 5.82. The molecule has 0 radical (unpaired) electrons. The maximum Gasteiger partial charge on any atom is 0.303 e. The fourth-order valence-corrected chi connectivity index (χ4v) is 1.82. The first kappa shape index (κ1) is 12.9. The molecule has 16 heavy (non-hydrogen) atoms. The molecule has 1 aliphatic heterocycles. The highest BCUT2D eigenvalue weighted by atomic mass is 16.4. The molecule has 2 unspecified atom stereocenters. The van der Waals surface area contributed by atoms with Gasteiger partial charge in [-0.3, -0.25) is 9.59 Å². The van der Waals surface area contributed by atoms with Gasteiger partial charge < -0.3 is 20.8 Å². The molecule has 0 aliphatic carbocycles. The van der Waals surface area contributed by atoms with Crippen LogP contribution in [0.5, 0.6) is 0 Å². The first-order valence-electron chi connectivity index (χ1n) is 5.41. The normalized spacial score (nSPS) is 22.1. The number of carboxylic acid groups (broad SMARTS) is 1. The third kappa shape index (κ3) is 3.46. The summed E-state index contributed by atoms with van der Waals surface area (Å²) in [7, 11) is 0. The molecule has 0 bridgehead atoms. The van der Waals surface area contributed by atoms with Crippen LogP contribution in [0.4, 0.5) is 0 Å². The van der Waals surface area contributed by atoms with E-state index >= 15 is 0 Å². The third-order valence-corrected chi connectivity index (χ3v) is 2.84. The molecule has 1 saturated heterocycles. The number of hydrogen-bond donors (Lipinski definition) is 3. The number of rotatable bonds is 5. The standard InChI is InChI=1S/C10H18N2O4/c11-8(1-2-9(14)15)10(16)12-4-3-7(5-12)6-13/h7-8,13H,1-6,11H2,(H,14,15). The molecule has 0 aromatic rings. The molecule has 2 atom stereocenters. The molecular weight excluding hydrogens is 212 g/mol. The number of aliphatic hydroxyl groups excluding tert-OH is 1. The second kappa shape index (κ2) is 5.81. The van der Waals surface area contributed by atoms with Crippen LogP contribution in [0.2, 0.25) is 0 Å². The second-order valence-electron chi connectivity index (χ2n) is 4.16. The van der Waals surface area contributed by atoms with Crippen LogP contribution in [-0.2, 0) is 9.59 Å². The lowest BCUT2D eigenvalue weighted by atomic mass is 10.1. The number of nitrogens with two attached hydrogens (primary N) is 1. The van der Waals surface area contributed by atoms with Crippen molar-refractivity contribution in [3.63, 3.8) is 0 Å². The molecule has 0 spiro atoms. The predicted octanol–water partition coefficient (Wildman–Crippen LogP) is -0.981. The van der Waals surface area contributed by atoms with Crippen LogP contribution in [0.25, 0.3) is 0 Å². The summed E-state index contributed by atoms with van der Waals surface area (Å²) in [6.45, 7) is 1.20. The number of carbonyl (C=O) groups excluding carboxylic acids is 1. The van der Waals surface area contributed by atoms with Crippen LogP contribution >= 0.6 is 0 Å². The van der Waals surface area contributed by atoms with E-state index in [9.17, 15) is 9.59 Å². The summed E-state index contributed by atoms with van der Waals surface area (Å²) in [4.78, 5) is 23.7. The van der Waals surface area contributed by atoms with E-state index in [0.29, 0.717) is 13.1 Å². The Kier molecular flexibility index (Phi) is 4.70. The summed E-state index contributed by atoms with van der Waals surface area (Å²) in [6.07, 6.45) is 0.854. The number of carbonyl (C=O) groups is 2. The minimum absolute atomic E-state index is 0.0775. The van der Waals surface area contributed by atoms with Gasteiger partial charge in [0, 0.05) is 32.0 Å². The fourth-order valence-electron chi connectivity index (χ4n) is 1.82. The Hall–Kier alpha value is -1.14. The smallest absolute Gasteiger partial charge is 0.303 e. The predicted molar refractivity (Wildman–Crippen MR) is 56.6 cm³/mol. The maximum atomic E-state index is 11.7. The Morgan fingerprint density at radius 1 is 1.50 bits per heavy atom. The van der Waals surface area contributed by atoms with Crippen LogP contribution in [0.15, 0.2) is 0 Å². The zero-order valence-electron chi connectivity index (χ0n) is 9.13. The molecular formula is C10H18N2O4. The number of amides is 1. The van der Waals surface area contributed by atoms with Gasteiger partial charge in [-0.05, 0) is 12.8 Å². The number of likely N-dealkylation sites (tertiary alicyclic amines) is 1. The van der Waals surface area contributed by atoms with Gasteiger partial charge in [0.25, 0.3) is 0 Å². The van der Waals surface area contributed by atoms with E-state index in [-0.39, 0.29) is 31.3 Å². The van der Waals surface area contributed by atoms with E-state index < -0.39 is 12.0 Å². The summed E-state index contributed by atoms with van der Waals surface area (Å²) < 4.78 is 0. The summed E-state index contributed by atoms with van der Waals surface area (Å²) in [5, 5.41) is 17.4. The number of carboxylic acids is 1. The van der Waals surface area contributed by atoms with Crippen molar-refractivity contribution in [3.8, 4) is 0 Å². The van der Waals surface area contributed by atoms with Crippen molar-refractivity contribution < 1.29 is 19.8 Å². The monoisotopic (exact) mass is 230 g/mol. The first-order valence-corrected chi connectivity index (χ1v) is 5.41. The quantitative estimate of drug-likeness (QED) is 0.563. The van der Waals surface area contributed by atoms with Crippen molar-refractivity contribution in [2.45, 2.75) is 25.3 Å². The van der Waals surface area contributed by atoms with Gasteiger partial charge in [-0.15, -0.1) is 0 Å².